The van der Waals surface area contributed by atoms with Gasteiger partial charge in [-0.2, -0.15) is 0 Å². The summed E-state index contributed by atoms with van der Waals surface area (Å²) >= 11 is 0. The van der Waals surface area contributed by atoms with Crippen molar-refractivity contribution in [2.45, 2.75) is 39.7 Å². The van der Waals surface area contributed by atoms with Crippen LogP contribution in [0.1, 0.15) is 34.1 Å². The maximum absolute atomic E-state index is 9.50. The molecule has 0 aromatic rings. The SMILES string of the molecule is CCNC(C)(CO)CCN1CCN(CC(C)C)CC1. The molecule has 1 aliphatic heterocycles. The molecule has 1 atom stereocenters. The van der Waals surface area contributed by atoms with Gasteiger partial charge in [-0.3, -0.25) is 0 Å². The van der Waals surface area contributed by atoms with Gasteiger partial charge in [-0.05, 0) is 25.8 Å². The van der Waals surface area contributed by atoms with Crippen molar-refractivity contribution < 1.29 is 5.11 Å². The zero-order valence-electron chi connectivity index (χ0n) is 13.3. The van der Waals surface area contributed by atoms with Gasteiger partial charge < -0.3 is 20.2 Å². The summed E-state index contributed by atoms with van der Waals surface area (Å²) in [4.78, 5) is 5.10. The molecule has 0 saturated carbocycles. The largest absolute Gasteiger partial charge is 0.394 e. The van der Waals surface area contributed by atoms with E-state index in [1.807, 2.05) is 0 Å². The zero-order chi connectivity index (χ0) is 14.3. The normalized spacial score (nSPS) is 21.8. The number of hydrogen-bond donors (Lipinski definition) is 2. The molecule has 0 bridgehead atoms. The van der Waals surface area contributed by atoms with Crippen LogP contribution in [-0.2, 0) is 0 Å². The summed E-state index contributed by atoms with van der Waals surface area (Å²) in [7, 11) is 0. The summed E-state index contributed by atoms with van der Waals surface area (Å²) in [5.41, 5.74) is -0.121. The van der Waals surface area contributed by atoms with E-state index < -0.39 is 0 Å². The van der Waals surface area contributed by atoms with Crippen molar-refractivity contribution in [2.24, 2.45) is 5.92 Å². The van der Waals surface area contributed by atoms with Gasteiger partial charge in [-0.25, -0.2) is 0 Å². The number of rotatable bonds is 8. The van der Waals surface area contributed by atoms with Crippen LogP contribution in [0, 0.1) is 5.92 Å². The molecule has 0 amide bonds. The van der Waals surface area contributed by atoms with Crippen molar-refractivity contribution in [3.63, 3.8) is 0 Å². The smallest absolute Gasteiger partial charge is 0.0611 e. The minimum atomic E-state index is -0.121. The minimum Gasteiger partial charge on any atom is -0.394 e. The lowest BCUT2D eigenvalue weighted by atomic mass is 9.98. The first-order valence-corrected chi connectivity index (χ1v) is 7.79. The number of likely N-dealkylation sites (N-methyl/N-ethyl adjacent to an activating group) is 1. The third-order valence-electron chi connectivity index (χ3n) is 4.02. The Morgan fingerprint density at radius 3 is 2.21 bits per heavy atom. The third kappa shape index (κ3) is 6.21. The topological polar surface area (TPSA) is 38.7 Å². The molecule has 1 unspecified atom stereocenters. The monoisotopic (exact) mass is 271 g/mol. The van der Waals surface area contributed by atoms with Crippen LogP contribution in [0.15, 0.2) is 0 Å². The lowest BCUT2D eigenvalue weighted by Crippen LogP contribution is -2.51. The highest BCUT2D eigenvalue weighted by Crippen LogP contribution is 2.12. The number of hydrogen-bond acceptors (Lipinski definition) is 4. The van der Waals surface area contributed by atoms with Crippen LogP contribution >= 0.6 is 0 Å². The van der Waals surface area contributed by atoms with E-state index in [1.54, 1.807) is 0 Å². The Morgan fingerprint density at radius 1 is 1.16 bits per heavy atom. The maximum atomic E-state index is 9.50. The molecule has 1 saturated heterocycles. The van der Waals surface area contributed by atoms with Gasteiger partial charge >= 0.3 is 0 Å². The van der Waals surface area contributed by atoms with Gasteiger partial charge in [0, 0.05) is 44.8 Å². The van der Waals surface area contributed by atoms with Crippen molar-refractivity contribution >= 4 is 0 Å². The van der Waals surface area contributed by atoms with Gasteiger partial charge in [0.2, 0.25) is 0 Å². The van der Waals surface area contributed by atoms with Crippen molar-refractivity contribution in [1.82, 2.24) is 15.1 Å². The van der Waals surface area contributed by atoms with E-state index in [2.05, 4.69) is 42.8 Å². The minimum absolute atomic E-state index is 0.121. The molecule has 4 nitrogen and oxygen atoms in total. The maximum Gasteiger partial charge on any atom is 0.0611 e. The predicted molar refractivity (Wildman–Crippen MR) is 81.5 cm³/mol. The molecule has 1 rings (SSSR count). The van der Waals surface area contributed by atoms with Gasteiger partial charge in [-0.1, -0.05) is 20.8 Å². The molecular formula is C15H33N3O. The van der Waals surface area contributed by atoms with Crippen LogP contribution in [-0.4, -0.2) is 72.9 Å². The van der Waals surface area contributed by atoms with Crippen molar-refractivity contribution in [3.8, 4) is 0 Å². The fourth-order valence-corrected chi connectivity index (χ4v) is 2.77. The van der Waals surface area contributed by atoms with E-state index in [0.717, 1.165) is 25.4 Å². The molecule has 114 valence electrons. The summed E-state index contributed by atoms with van der Waals surface area (Å²) < 4.78 is 0. The highest BCUT2D eigenvalue weighted by atomic mass is 16.3. The second-order valence-corrected chi connectivity index (χ2v) is 6.54. The number of aliphatic hydroxyl groups excluding tert-OH is 1. The summed E-state index contributed by atoms with van der Waals surface area (Å²) in [5.74, 6) is 0.762. The highest BCUT2D eigenvalue weighted by Gasteiger charge is 2.24. The quantitative estimate of drug-likeness (QED) is 0.691. The van der Waals surface area contributed by atoms with Crippen LogP contribution in [0.4, 0.5) is 0 Å². The van der Waals surface area contributed by atoms with Crippen molar-refractivity contribution in [2.75, 3.05) is 52.4 Å². The van der Waals surface area contributed by atoms with Crippen molar-refractivity contribution in [3.05, 3.63) is 0 Å². The molecule has 4 heteroatoms. The molecule has 0 aliphatic carbocycles. The molecular weight excluding hydrogens is 238 g/mol. The number of aliphatic hydroxyl groups is 1. The van der Waals surface area contributed by atoms with Gasteiger partial charge in [0.25, 0.3) is 0 Å². The Bertz CT molecular complexity index is 240. The first kappa shape index (κ1) is 16.9. The average molecular weight is 271 g/mol. The molecule has 19 heavy (non-hydrogen) atoms. The van der Waals surface area contributed by atoms with Crippen LogP contribution in [0.25, 0.3) is 0 Å². The van der Waals surface area contributed by atoms with Gasteiger partial charge in [0.1, 0.15) is 0 Å². The number of nitrogens with zero attached hydrogens (tertiary/aromatic N) is 2. The van der Waals surface area contributed by atoms with Gasteiger partial charge in [0.15, 0.2) is 0 Å². The number of piperazine rings is 1. The molecule has 2 N–H and O–H groups in total. The van der Waals surface area contributed by atoms with Crippen LogP contribution in [0.3, 0.4) is 0 Å². The first-order chi connectivity index (χ1) is 8.99. The molecule has 1 heterocycles. The van der Waals surface area contributed by atoms with E-state index in [9.17, 15) is 5.11 Å². The average Bonchev–Trinajstić information content (AvgIpc) is 2.38. The summed E-state index contributed by atoms with van der Waals surface area (Å²) in [6.45, 7) is 16.9. The standard InChI is InChI=1S/C15H33N3O/c1-5-16-15(4,13-19)6-7-17-8-10-18(11-9-17)12-14(2)3/h14,16,19H,5-13H2,1-4H3. The van der Waals surface area contributed by atoms with E-state index in [-0.39, 0.29) is 12.1 Å². The summed E-state index contributed by atoms with van der Waals surface area (Å²) in [5, 5.41) is 12.9. The lowest BCUT2D eigenvalue weighted by molar-refractivity contribution is 0.101. The lowest BCUT2D eigenvalue weighted by Gasteiger charge is -2.37. The number of nitrogens with one attached hydrogen (secondary N) is 1. The van der Waals surface area contributed by atoms with Gasteiger partial charge in [-0.15, -0.1) is 0 Å². The highest BCUT2D eigenvalue weighted by molar-refractivity contribution is 4.84. The summed E-state index contributed by atoms with van der Waals surface area (Å²) in [6, 6.07) is 0. The first-order valence-electron chi connectivity index (χ1n) is 7.79. The Morgan fingerprint density at radius 2 is 1.74 bits per heavy atom. The fraction of sp³-hybridized carbons (Fsp3) is 1.00. The van der Waals surface area contributed by atoms with Gasteiger partial charge in [0.05, 0.1) is 6.61 Å². The molecule has 0 aromatic heterocycles. The summed E-state index contributed by atoms with van der Waals surface area (Å²) in [6.07, 6.45) is 1.02. The predicted octanol–water partition coefficient (Wildman–Crippen LogP) is 1.01. The van der Waals surface area contributed by atoms with E-state index in [0.29, 0.717) is 0 Å². The Labute approximate surface area is 119 Å². The van der Waals surface area contributed by atoms with Crippen LogP contribution in [0.2, 0.25) is 0 Å². The van der Waals surface area contributed by atoms with E-state index >= 15 is 0 Å². The second kappa shape index (κ2) is 8.20. The zero-order valence-corrected chi connectivity index (χ0v) is 13.3. The van der Waals surface area contributed by atoms with Crippen molar-refractivity contribution in [1.29, 1.82) is 0 Å². The Kier molecular flexibility index (Phi) is 7.29. The third-order valence-corrected chi connectivity index (χ3v) is 4.02. The molecule has 1 fully saturated rings. The Balaban J connectivity index is 2.25. The second-order valence-electron chi connectivity index (χ2n) is 6.54. The molecule has 0 radical (unpaired) electrons. The molecule has 0 aromatic carbocycles. The van der Waals surface area contributed by atoms with E-state index in [4.69, 9.17) is 0 Å². The van der Waals surface area contributed by atoms with Crippen LogP contribution in [0.5, 0.6) is 0 Å². The van der Waals surface area contributed by atoms with E-state index in [1.165, 1.54) is 32.7 Å². The molecule has 1 aliphatic rings. The Hall–Kier alpha value is -0.160. The molecule has 0 spiro atoms. The van der Waals surface area contributed by atoms with Crippen LogP contribution < -0.4 is 5.32 Å². The fourth-order valence-electron chi connectivity index (χ4n) is 2.77.